The molecule has 2 heterocycles. The molecule has 5 nitrogen and oxygen atoms in total. The minimum atomic E-state index is -0.508. The number of rotatable bonds is 1. The zero-order valence-corrected chi connectivity index (χ0v) is 8.21. The van der Waals surface area contributed by atoms with E-state index in [1.807, 2.05) is 6.92 Å². The molecule has 0 fully saturated rings. The van der Waals surface area contributed by atoms with Crippen molar-refractivity contribution in [3.63, 3.8) is 0 Å². The van der Waals surface area contributed by atoms with Crippen molar-refractivity contribution < 1.29 is 9.53 Å². The van der Waals surface area contributed by atoms with Crippen molar-refractivity contribution >= 4 is 23.3 Å². The number of carbonyl (C=O) groups excluding carboxylic acids is 1. The number of ether oxygens (including phenoxy) is 1. The Balaban J connectivity index is 2.40. The van der Waals surface area contributed by atoms with Crippen LogP contribution in [-0.2, 0) is 4.79 Å². The summed E-state index contributed by atoms with van der Waals surface area (Å²) in [7, 11) is 0. The Bertz CT molecular complexity index is 383. The molecule has 0 bridgehead atoms. The molecule has 1 amide bonds. The van der Waals surface area contributed by atoms with Crippen molar-refractivity contribution in [3.8, 4) is 5.75 Å². The van der Waals surface area contributed by atoms with Gasteiger partial charge < -0.3 is 10.1 Å². The molecule has 0 aliphatic carbocycles. The zero-order valence-electron chi connectivity index (χ0n) is 7.45. The maximum Gasteiger partial charge on any atom is 0.266 e. The number of aromatic nitrogens is 2. The van der Waals surface area contributed by atoms with Crippen molar-refractivity contribution in [3.05, 3.63) is 11.5 Å². The number of halogens is 1. The summed E-state index contributed by atoms with van der Waals surface area (Å²) in [5.74, 6) is 0.482. The Morgan fingerprint density at radius 2 is 2.43 bits per heavy atom. The lowest BCUT2D eigenvalue weighted by atomic mass is 10.2. The van der Waals surface area contributed by atoms with Crippen molar-refractivity contribution in [2.45, 2.75) is 19.4 Å². The van der Waals surface area contributed by atoms with Gasteiger partial charge in [0.05, 0.1) is 0 Å². The number of hydrogen-bond donors (Lipinski definition) is 1. The Morgan fingerprint density at radius 1 is 1.64 bits per heavy atom. The van der Waals surface area contributed by atoms with Crippen LogP contribution in [0.4, 0.5) is 5.82 Å². The van der Waals surface area contributed by atoms with Gasteiger partial charge in [0.2, 0.25) is 5.75 Å². The molecule has 1 unspecified atom stereocenters. The molecular weight excluding hydrogens is 206 g/mol. The van der Waals surface area contributed by atoms with Crippen LogP contribution in [0.1, 0.15) is 13.3 Å². The zero-order chi connectivity index (χ0) is 10.1. The summed E-state index contributed by atoms with van der Waals surface area (Å²) in [6, 6.07) is 0. The second-order valence-corrected chi connectivity index (χ2v) is 3.20. The first-order valence-electron chi connectivity index (χ1n) is 4.20. The highest BCUT2D eigenvalue weighted by Crippen LogP contribution is 2.33. The van der Waals surface area contributed by atoms with Crippen molar-refractivity contribution in [1.29, 1.82) is 0 Å². The molecule has 0 spiro atoms. The van der Waals surface area contributed by atoms with Gasteiger partial charge >= 0.3 is 0 Å². The number of nitrogens with zero attached hydrogens (tertiary/aromatic N) is 2. The fraction of sp³-hybridized carbons (Fsp3) is 0.375. The average Bonchev–Trinajstić information content (AvgIpc) is 2.17. The molecule has 6 heteroatoms. The number of hydrogen-bond acceptors (Lipinski definition) is 4. The third kappa shape index (κ3) is 1.39. The largest absolute Gasteiger partial charge is 0.474 e. The van der Waals surface area contributed by atoms with Gasteiger partial charge in [-0.05, 0) is 6.42 Å². The average molecular weight is 214 g/mol. The minimum Gasteiger partial charge on any atom is -0.474 e. The quantitative estimate of drug-likeness (QED) is 0.713. The molecule has 1 atom stereocenters. The first kappa shape index (κ1) is 9.21. The van der Waals surface area contributed by atoms with Crippen molar-refractivity contribution in [2.75, 3.05) is 5.32 Å². The van der Waals surface area contributed by atoms with Gasteiger partial charge in [-0.15, -0.1) is 0 Å². The SMILES string of the molecule is CCC1Oc2c(Cl)ncnc2NC1=O. The van der Waals surface area contributed by atoms with Crippen LogP contribution >= 0.6 is 11.6 Å². The Kier molecular flexibility index (Phi) is 2.25. The van der Waals surface area contributed by atoms with Crippen molar-refractivity contribution in [1.82, 2.24) is 9.97 Å². The van der Waals surface area contributed by atoms with Gasteiger partial charge in [-0.1, -0.05) is 18.5 Å². The van der Waals surface area contributed by atoms with E-state index in [4.69, 9.17) is 16.3 Å². The normalized spacial score (nSPS) is 19.6. The molecule has 1 aromatic heterocycles. The molecular formula is C8H8ClN3O2. The van der Waals surface area contributed by atoms with Crippen LogP contribution in [0.5, 0.6) is 5.75 Å². The van der Waals surface area contributed by atoms with Gasteiger partial charge in [0, 0.05) is 0 Å². The fourth-order valence-corrected chi connectivity index (χ4v) is 1.39. The number of nitrogens with one attached hydrogen (secondary N) is 1. The van der Waals surface area contributed by atoms with Crippen LogP contribution in [0.2, 0.25) is 5.15 Å². The predicted molar refractivity (Wildman–Crippen MR) is 50.4 cm³/mol. The van der Waals surface area contributed by atoms with E-state index in [2.05, 4.69) is 15.3 Å². The van der Waals surface area contributed by atoms with Crippen LogP contribution in [0.25, 0.3) is 0 Å². The molecule has 0 aromatic carbocycles. The molecule has 1 aliphatic heterocycles. The molecule has 0 radical (unpaired) electrons. The Morgan fingerprint density at radius 3 is 3.14 bits per heavy atom. The predicted octanol–water partition coefficient (Wildman–Crippen LogP) is 1.24. The maximum absolute atomic E-state index is 11.4. The monoisotopic (exact) mass is 213 g/mol. The lowest BCUT2D eigenvalue weighted by Crippen LogP contribution is -2.37. The molecule has 0 saturated heterocycles. The van der Waals surface area contributed by atoms with Crippen LogP contribution in [0.3, 0.4) is 0 Å². The topological polar surface area (TPSA) is 64.1 Å². The van der Waals surface area contributed by atoms with E-state index >= 15 is 0 Å². The van der Waals surface area contributed by atoms with E-state index in [1.54, 1.807) is 0 Å². The Hall–Kier alpha value is -1.36. The summed E-state index contributed by atoms with van der Waals surface area (Å²) < 4.78 is 5.36. The lowest BCUT2D eigenvalue weighted by Gasteiger charge is -2.23. The second kappa shape index (κ2) is 3.42. The summed E-state index contributed by atoms with van der Waals surface area (Å²) in [5, 5.41) is 2.82. The minimum absolute atomic E-state index is 0.199. The highest BCUT2D eigenvalue weighted by molar-refractivity contribution is 6.31. The van der Waals surface area contributed by atoms with Crippen LogP contribution in [0, 0.1) is 0 Å². The highest BCUT2D eigenvalue weighted by atomic mass is 35.5. The van der Waals surface area contributed by atoms with E-state index in [-0.39, 0.29) is 11.1 Å². The van der Waals surface area contributed by atoms with Crippen LogP contribution in [0.15, 0.2) is 6.33 Å². The Labute approximate surface area is 85.5 Å². The third-order valence-corrected chi connectivity index (χ3v) is 2.19. The first-order valence-corrected chi connectivity index (χ1v) is 4.58. The summed E-state index contributed by atoms with van der Waals surface area (Å²) in [4.78, 5) is 19.0. The number of carbonyl (C=O) groups is 1. The van der Waals surface area contributed by atoms with Gasteiger partial charge in [0.25, 0.3) is 5.91 Å². The van der Waals surface area contributed by atoms with Gasteiger partial charge in [0.15, 0.2) is 17.1 Å². The van der Waals surface area contributed by atoms with E-state index in [0.717, 1.165) is 0 Å². The second-order valence-electron chi connectivity index (χ2n) is 2.85. The maximum atomic E-state index is 11.4. The molecule has 74 valence electrons. The van der Waals surface area contributed by atoms with Crippen LogP contribution in [-0.4, -0.2) is 22.0 Å². The molecule has 14 heavy (non-hydrogen) atoms. The van der Waals surface area contributed by atoms with E-state index in [9.17, 15) is 4.79 Å². The number of amides is 1. The van der Waals surface area contributed by atoms with Gasteiger partial charge in [-0.3, -0.25) is 4.79 Å². The van der Waals surface area contributed by atoms with E-state index in [1.165, 1.54) is 6.33 Å². The smallest absolute Gasteiger partial charge is 0.266 e. The third-order valence-electron chi connectivity index (χ3n) is 1.93. The standard InChI is InChI=1S/C8H8ClN3O2/c1-2-4-8(13)12-7-5(14-4)6(9)10-3-11-7/h3-4H,2H2,1H3,(H,10,11,12,13). The molecule has 0 saturated carbocycles. The fourth-order valence-electron chi connectivity index (χ4n) is 1.21. The van der Waals surface area contributed by atoms with Gasteiger partial charge in [-0.2, -0.15) is 0 Å². The molecule has 1 aromatic rings. The van der Waals surface area contributed by atoms with Gasteiger partial charge in [0.1, 0.15) is 6.33 Å². The van der Waals surface area contributed by atoms with Gasteiger partial charge in [-0.25, -0.2) is 9.97 Å². The molecule has 1 aliphatic rings. The molecule has 1 N–H and O–H groups in total. The first-order chi connectivity index (χ1) is 6.72. The van der Waals surface area contributed by atoms with Crippen LogP contribution < -0.4 is 10.1 Å². The van der Waals surface area contributed by atoms with E-state index < -0.39 is 6.10 Å². The molecule has 2 rings (SSSR count). The number of fused-ring (bicyclic) bond motifs is 1. The summed E-state index contributed by atoms with van der Waals surface area (Å²) >= 11 is 5.78. The van der Waals surface area contributed by atoms with Crippen molar-refractivity contribution in [2.24, 2.45) is 0 Å². The summed E-state index contributed by atoms with van der Waals surface area (Å²) in [6.45, 7) is 1.85. The lowest BCUT2D eigenvalue weighted by molar-refractivity contribution is -0.123. The summed E-state index contributed by atoms with van der Waals surface area (Å²) in [6.07, 6.45) is 1.35. The van der Waals surface area contributed by atoms with E-state index in [0.29, 0.717) is 18.0 Å². The number of anilines is 1. The highest BCUT2D eigenvalue weighted by Gasteiger charge is 2.28. The summed E-state index contributed by atoms with van der Waals surface area (Å²) in [5.41, 5.74) is 0.